The van der Waals surface area contributed by atoms with Gasteiger partial charge >= 0.3 is 0 Å². The third kappa shape index (κ3) is 4.77. The van der Waals surface area contributed by atoms with Gasteiger partial charge in [-0.1, -0.05) is 11.6 Å². The summed E-state index contributed by atoms with van der Waals surface area (Å²) in [5.41, 5.74) is 5.32. The Bertz CT molecular complexity index is 908. The number of carbonyl (C=O) groups is 2. The maximum atomic E-state index is 12.8. The molecule has 0 bridgehead atoms. The van der Waals surface area contributed by atoms with E-state index in [1.54, 1.807) is 14.0 Å². The Labute approximate surface area is 172 Å². The molecule has 6 heteroatoms. The fourth-order valence-electron chi connectivity index (χ4n) is 4.50. The number of hydrogen-bond acceptors (Lipinski definition) is 3. The van der Waals surface area contributed by atoms with E-state index in [1.807, 2.05) is 19.9 Å². The second-order valence-corrected chi connectivity index (χ2v) is 8.27. The smallest absolute Gasteiger partial charge is 0.233 e. The van der Waals surface area contributed by atoms with E-state index in [4.69, 9.17) is 4.74 Å². The molecule has 0 radical (unpaired) electrons. The number of ketones is 2. The van der Waals surface area contributed by atoms with Gasteiger partial charge in [0.15, 0.2) is 5.78 Å². The average molecular weight is 400 g/mol. The average Bonchev–Trinajstić information content (AvgIpc) is 2.98. The minimum absolute atomic E-state index is 0.00596. The van der Waals surface area contributed by atoms with Crippen LogP contribution in [-0.4, -0.2) is 56.4 Å². The lowest BCUT2D eigenvalue weighted by molar-refractivity contribution is -1.01. The highest BCUT2D eigenvalue weighted by molar-refractivity contribution is 6.03. The lowest BCUT2D eigenvalue weighted by Crippen LogP contribution is -3.27. The first kappa shape index (κ1) is 21.3. The molecule has 29 heavy (non-hydrogen) atoms. The molecule has 156 valence electrons. The van der Waals surface area contributed by atoms with Crippen LogP contribution in [0.25, 0.3) is 0 Å². The molecule has 0 saturated carbocycles. The fourth-order valence-corrected chi connectivity index (χ4v) is 4.50. The van der Waals surface area contributed by atoms with E-state index in [9.17, 15) is 9.59 Å². The second-order valence-electron chi connectivity index (χ2n) is 8.27. The van der Waals surface area contributed by atoms with Crippen LogP contribution < -0.4 is 14.5 Å². The van der Waals surface area contributed by atoms with Crippen molar-refractivity contribution in [2.24, 2.45) is 0 Å². The second kappa shape index (κ2) is 8.93. The van der Waals surface area contributed by atoms with E-state index >= 15 is 0 Å². The largest absolute Gasteiger partial charge is 0.496 e. The van der Waals surface area contributed by atoms with E-state index in [1.165, 1.54) is 20.9 Å². The molecule has 6 nitrogen and oxygen atoms in total. The summed E-state index contributed by atoms with van der Waals surface area (Å²) in [6.07, 6.45) is 0. The molecule has 1 aromatic carbocycles. The zero-order chi connectivity index (χ0) is 21.1. The number of methoxy groups -OCH3 is 1. The van der Waals surface area contributed by atoms with Crippen LogP contribution in [0.2, 0.25) is 0 Å². The standard InChI is InChI=1S/C23H31N3O3/c1-15-6-7-21(29-5)19(12-15)13-25-8-10-26(11-9-25)14-20(28)23-16(2)22(18(4)27)17(3)24-23/h6-7,12,24H,8-11,13-14H2,1-5H3/p+2. The van der Waals surface area contributed by atoms with Crippen LogP contribution in [0.3, 0.4) is 0 Å². The number of nitrogens with one attached hydrogen (secondary N) is 3. The summed E-state index contributed by atoms with van der Waals surface area (Å²) in [6, 6.07) is 6.32. The summed E-state index contributed by atoms with van der Waals surface area (Å²) in [4.78, 5) is 30.6. The van der Waals surface area contributed by atoms with Crippen LogP contribution in [0.4, 0.5) is 0 Å². The highest BCUT2D eigenvalue weighted by atomic mass is 16.5. The number of rotatable bonds is 7. The molecular weight excluding hydrogens is 366 g/mol. The number of ether oxygens (including phenoxy) is 1. The van der Waals surface area contributed by atoms with Gasteiger partial charge in [0.1, 0.15) is 45.0 Å². The summed E-state index contributed by atoms with van der Waals surface area (Å²) in [7, 11) is 1.72. The first-order valence-electron chi connectivity index (χ1n) is 10.3. The lowest BCUT2D eigenvalue weighted by Gasteiger charge is -2.29. The van der Waals surface area contributed by atoms with E-state index in [-0.39, 0.29) is 11.6 Å². The lowest BCUT2D eigenvalue weighted by atomic mass is 10.1. The van der Waals surface area contributed by atoms with Crippen LogP contribution in [0.15, 0.2) is 18.2 Å². The van der Waals surface area contributed by atoms with Crippen LogP contribution in [0.5, 0.6) is 5.75 Å². The summed E-state index contributed by atoms with van der Waals surface area (Å²) in [5.74, 6) is 1.05. The minimum Gasteiger partial charge on any atom is -0.496 e. The van der Waals surface area contributed by atoms with Gasteiger partial charge in [-0.25, -0.2) is 0 Å². The molecule has 1 saturated heterocycles. The van der Waals surface area contributed by atoms with Gasteiger partial charge in [-0.3, -0.25) is 9.59 Å². The van der Waals surface area contributed by atoms with Crippen molar-refractivity contribution >= 4 is 11.6 Å². The van der Waals surface area contributed by atoms with Crippen LogP contribution in [0, 0.1) is 20.8 Å². The molecule has 3 N–H and O–H groups in total. The van der Waals surface area contributed by atoms with Crippen molar-refractivity contribution in [3.8, 4) is 5.75 Å². The predicted octanol–water partition coefficient (Wildman–Crippen LogP) is 0.317. The molecule has 2 aromatic rings. The van der Waals surface area contributed by atoms with Crippen LogP contribution >= 0.6 is 0 Å². The number of Topliss-reactive ketones (excluding diaryl/α,β-unsaturated/α-hetero) is 2. The quantitative estimate of drug-likeness (QED) is 0.588. The molecule has 1 fully saturated rings. The zero-order valence-electron chi connectivity index (χ0n) is 18.2. The van der Waals surface area contributed by atoms with Crippen molar-refractivity contribution in [2.75, 3.05) is 39.8 Å². The predicted molar refractivity (Wildman–Crippen MR) is 112 cm³/mol. The number of carbonyl (C=O) groups excluding carboxylic acids is 2. The van der Waals surface area contributed by atoms with Gasteiger partial charge in [-0.15, -0.1) is 0 Å². The minimum atomic E-state index is 0.00596. The zero-order valence-corrected chi connectivity index (χ0v) is 18.2. The fraction of sp³-hybridized carbons (Fsp3) is 0.478. The monoisotopic (exact) mass is 399 g/mol. The molecule has 0 amide bonds. The van der Waals surface area contributed by atoms with E-state index < -0.39 is 0 Å². The highest BCUT2D eigenvalue weighted by Gasteiger charge is 2.28. The Morgan fingerprint density at radius 3 is 2.31 bits per heavy atom. The number of hydrogen-bond donors (Lipinski definition) is 3. The molecule has 1 aliphatic heterocycles. The van der Waals surface area contributed by atoms with E-state index in [0.717, 1.165) is 49.7 Å². The number of piperazine rings is 1. The summed E-state index contributed by atoms with van der Waals surface area (Å²) in [6.45, 7) is 12.8. The Kier molecular flexibility index (Phi) is 6.55. The van der Waals surface area contributed by atoms with Gasteiger partial charge in [-0.05, 0) is 45.4 Å². The number of quaternary nitrogens is 2. The third-order valence-electron chi connectivity index (χ3n) is 6.02. The summed E-state index contributed by atoms with van der Waals surface area (Å²) >= 11 is 0. The molecule has 0 aliphatic carbocycles. The molecule has 1 aromatic heterocycles. The van der Waals surface area contributed by atoms with Crippen LogP contribution in [-0.2, 0) is 6.54 Å². The van der Waals surface area contributed by atoms with Gasteiger partial charge in [0.2, 0.25) is 5.78 Å². The van der Waals surface area contributed by atoms with Crippen molar-refractivity contribution in [1.29, 1.82) is 0 Å². The normalized spacial score (nSPS) is 19.2. The van der Waals surface area contributed by atoms with Gasteiger partial charge in [0.05, 0.1) is 12.8 Å². The summed E-state index contributed by atoms with van der Waals surface area (Å²) < 4.78 is 5.51. The van der Waals surface area contributed by atoms with Gasteiger partial charge in [0, 0.05) is 16.8 Å². The van der Waals surface area contributed by atoms with Crippen molar-refractivity contribution < 1.29 is 24.1 Å². The van der Waals surface area contributed by atoms with E-state index in [2.05, 4.69) is 24.0 Å². The number of H-pyrrole nitrogens is 1. The van der Waals surface area contributed by atoms with E-state index in [0.29, 0.717) is 17.8 Å². The van der Waals surface area contributed by atoms with Gasteiger partial charge < -0.3 is 19.5 Å². The van der Waals surface area contributed by atoms with Crippen molar-refractivity contribution in [3.05, 3.63) is 51.8 Å². The summed E-state index contributed by atoms with van der Waals surface area (Å²) in [5, 5.41) is 0. The number of aromatic nitrogens is 1. The molecule has 2 heterocycles. The Morgan fingerprint density at radius 2 is 1.72 bits per heavy atom. The molecule has 1 aliphatic rings. The maximum absolute atomic E-state index is 12.8. The molecule has 3 rings (SSSR count). The van der Waals surface area contributed by atoms with Gasteiger partial charge in [0.25, 0.3) is 0 Å². The van der Waals surface area contributed by atoms with Crippen molar-refractivity contribution in [1.82, 2.24) is 4.98 Å². The Morgan fingerprint density at radius 1 is 1.07 bits per heavy atom. The van der Waals surface area contributed by atoms with Gasteiger partial charge in [-0.2, -0.15) is 0 Å². The van der Waals surface area contributed by atoms with Crippen LogP contribution in [0.1, 0.15) is 50.2 Å². The SMILES string of the molecule is COc1ccc(C)cc1C[NH+]1CC[NH+](CC(=O)c2[nH]c(C)c(C(C)=O)c2C)CC1. The highest BCUT2D eigenvalue weighted by Crippen LogP contribution is 2.19. The first-order valence-corrected chi connectivity index (χ1v) is 10.3. The number of aryl methyl sites for hydroxylation is 2. The topological polar surface area (TPSA) is 68.0 Å². The first-order chi connectivity index (χ1) is 13.8. The number of benzene rings is 1. The van der Waals surface area contributed by atoms with Crippen molar-refractivity contribution in [3.63, 3.8) is 0 Å². The molecule has 0 unspecified atom stereocenters. The molecule has 0 atom stereocenters. The Balaban J connectivity index is 1.58. The number of aromatic amines is 1. The van der Waals surface area contributed by atoms with Crippen molar-refractivity contribution in [2.45, 2.75) is 34.2 Å². The molecule has 0 spiro atoms. The Hall–Kier alpha value is -2.44. The third-order valence-corrected chi connectivity index (χ3v) is 6.02. The molecular formula is C23H33N3O3+2. The maximum Gasteiger partial charge on any atom is 0.233 e.